The minimum absolute atomic E-state index is 0.249. The van der Waals surface area contributed by atoms with E-state index in [-0.39, 0.29) is 5.91 Å². The summed E-state index contributed by atoms with van der Waals surface area (Å²) in [7, 11) is 3.25. The number of halogens is 1. The van der Waals surface area contributed by atoms with Crippen LogP contribution in [-0.4, -0.2) is 29.6 Å². The van der Waals surface area contributed by atoms with Gasteiger partial charge in [-0.3, -0.25) is 9.36 Å². The second-order valence-electron chi connectivity index (χ2n) is 6.81. The summed E-state index contributed by atoms with van der Waals surface area (Å²) in [5.41, 5.74) is 3.26. The molecule has 0 aliphatic rings. The van der Waals surface area contributed by atoms with Crippen LogP contribution in [0.1, 0.15) is 27.3 Å². The maximum atomic E-state index is 13.2. The number of aryl methyl sites for hydroxylation is 3. The fourth-order valence-electron chi connectivity index (χ4n) is 3.38. The largest absolute Gasteiger partial charge is 0.495 e. The van der Waals surface area contributed by atoms with E-state index in [0.717, 1.165) is 5.56 Å². The molecule has 3 rings (SSSR count). The Labute approximate surface area is 174 Å². The fraction of sp³-hybridized carbons (Fsp3) is 0.227. The molecule has 0 unspecified atom stereocenters. The number of rotatable bonds is 4. The Balaban J connectivity index is 2.09. The molecule has 29 heavy (non-hydrogen) atoms. The SMILES string of the molecule is COc1cccc(C)c1N(C)C(=O)c1ccc(Cl)c(-n2c(C)cc(C)nc2=O)c1. The van der Waals surface area contributed by atoms with Gasteiger partial charge in [0.25, 0.3) is 5.91 Å². The second-order valence-corrected chi connectivity index (χ2v) is 7.22. The van der Waals surface area contributed by atoms with Crippen molar-refractivity contribution in [1.82, 2.24) is 9.55 Å². The number of anilines is 1. The summed E-state index contributed by atoms with van der Waals surface area (Å²) in [5.74, 6) is 0.353. The number of para-hydroxylation sites is 1. The number of nitrogens with zero attached hydrogens (tertiary/aromatic N) is 3. The quantitative estimate of drug-likeness (QED) is 0.648. The number of hydrogen-bond acceptors (Lipinski definition) is 4. The minimum atomic E-state index is -0.442. The molecule has 6 nitrogen and oxygen atoms in total. The number of carbonyl (C=O) groups excluding carboxylic acids is 1. The average Bonchev–Trinajstić information content (AvgIpc) is 2.67. The first-order chi connectivity index (χ1) is 13.7. The minimum Gasteiger partial charge on any atom is -0.495 e. The molecule has 0 radical (unpaired) electrons. The molecule has 0 fully saturated rings. The fourth-order valence-corrected chi connectivity index (χ4v) is 3.58. The molecule has 0 N–H and O–H groups in total. The second kappa shape index (κ2) is 8.09. The Bertz CT molecular complexity index is 1150. The molecule has 0 saturated carbocycles. The summed E-state index contributed by atoms with van der Waals surface area (Å²) in [6.07, 6.45) is 0. The number of amides is 1. The van der Waals surface area contributed by atoms with Gasteiger partial charge in [0.1, 0.15) is 5.75 Å². The maximum absolute atomic E-state index is 13.2. The number of ether oxygens (including phenoxy) is 1. The third-order valence-corrected chi connectivity index (χ3v) is 5.05. The Morgan fingerprint density at radius 1 is 1.14 bits per heavy atom. The van der Waals surface area contributed by atoms with Gasteiger partial charge in [0.05, 0.1) is 23.5 Å². The summed E-state index contributed by atoms with van der Waals surface area (Å²) < 4.78 is 6.82. The highest BCUT2D eigenvalue weighted by Crippen LogP contribution is 2.32. The van der Waals surface area contributed by atoms with E-state index in [0.29, 0.717) is 39.1 Å². The van der Waals surface area contributed by atoms with Crippen LogP contribution in [0.4, 0.5) is 5.69 Å². The molecule has 2 aromatic carbocycles. The first kappa shape index (κ1) is 20.6. The summed E-state index contributed by atoms with van der Waals surface area (Å²) in [6, 6.07) is 12.2. The van der Waals surface area contributed by atoms with E-state index in [1.807, 2.05) is 19.1 Å². The average molecular weight is 412 g/mol. The molecule has 7 heteroatoms. The Hall–Kier alpha value is -3.12. The highest BCUT2D eigenvalue weighted by atomic mass is 35.5. The van der Waals surface area contributed by atoms with Crippen LogP contribution in [0, 0.1) is 20.8 Å². The van der Waals surface area contributed by atoms with Gasteiger partial charge in [-0.2, -0.15) is 4.98 Å². The van der Waals surface area contributed by atoms with Crippen LogP contribution in [0.25, 0.3) is 5.69 Å². The van der Waals surface area contributed by atoms with Crippen LogP contribution >= 0.6 is 11.6 Å². The number of carbonyl (C=O) groups is 1. The Morgan fingerprint density at radius 3 is 2.52 bits per heavy atom. The molecule has 0 atom stereocenters. The zero-order valence-electron chi connectivity index (χ0n) is 17.0. The first-order valence-electron chi connectivity index (χ1n) is 9.03. The molecule has 0 bridgehead atoms. The van der Waals surface area contributed by atoms with Gasteiger partial charge in [0, 0.05) is 24.0 Å². The van der Waals surface area contributed by atoms with Crippen molar-refractivity contribution in [3.8, 4) is 11.4 Å². The lowest BCUT2D eigenvalue weighted by Gasteiger charge is -2.22. The van der Waals surface area contributed by atoms with Gasteiger partial charge in [-0.05, 0) is 56.7 Å². The van der Waals surface area contributed by atoms with Crippen LogP contribution in [0.15, 0.2) is 47.3 Å². The van der Waals surface area contributed by atoms with E-state index < -0.39 is 5.69 Å². The summed E-state index contributed by atoms with van der Waals surface area (Å²) in [5, 5.41) is 0.355. The van der Waals surface area contributed by atoms with Crippen LogP contribution < -0.4 is 15.3 Å². The summed E-state index contributed by atoms with van der Waals surface area (Å²) in [4.78, 5) is 31.2. The van der Waals surface area contributed by atoms with Crippen LogP contribution in [0.2, 0.25) is 5.02 Å². The van der Waals surface area contributed by atoms with Gasteiger partial charge in [-0.15, -0.1) is 0 Å². The monoisotopic (exact) mass is 411 g/mol. The highest BCUT2D eigenvalue weighted by Gasteiger charge is 2.21. The van der Waals surface area contributed by atoms with Crippen LogP contribution in [-0.2, 0) is 0 Å². The van der Waals surface area contributed by atoms with Gasteiger partial charge in [0.15, 0.2) is 0 Å². The van der Waals surface area contributed by atoms with Gasteiger partial charge in [-0.25, -0.2) is 4.79 Å². The zero-order chi connectivity index (χ0) is 21.3. The molecular formula is C22H22ClN3O3. The number of benzene rings is 2. The lowest BCUT2D eigenvalue weighted by molar-refractivity contribution is 0.0992. The van der Waals surface area contributed by atoms with E-state index in [4.69, 9.17) is 16.3 Å². The predicted molar refractivity (Wildman–Crippen MR) is 115 cm³/mol. The molecule has 0 spiro atoms. The summed E-state index contributed by atoms with van der Waals surface area (Å²) >= 11 is 6.36. The van der Waals surface area contributed by atoms with Crippen molar-refractivity contribution in [2.75, 3.05) is 19.1 Å². The van der Waals surface area contributed by atoms with E-state index in [1.165, 1.54) is 9.47 Å². The number of methoxy groups -OCH3 is 1. The van der Waals surface area contributed by atoms with E-state index in [9.17, 15) is 9.59 Å². The molecule has 1 heterocycles. The topological polar surface area (TPSA) is 64.4 Å². The van der Waals surface area contributed by atoms with Crippen molar-refractivity contribution >= 4 is 23.2 Å². The van der Waals surface area contributed by atoms with E-state index in [2.05, 4.69) is 4.98 Å². The number of aromatic nitrogens is 2. The Morgan fingerprint density at radius 2 is 1.86 bits per heavy atom. The lowest BCUT2D eigenvalue weighted by Crippen LogP contribution is -2.28. The van der Waals surface area contributed by atoms with Crippen LogP contribution in [0.3, 0.4) is 0 Å². The molecule has 1 amide bonds. The summed E-state index contributed by atoms with van der Waals surface area (Å²) in [6.45, 7) is 5.46. The maximum Gasteiger partial charge on any atom is 0.352 e. The van der Waals surface area contributed by atoms with E-state index >= 15 is 0 Å². The van der Waals surface area contributed by atoms with Gasteiger partial charge in [-0.1, -0.05) is 23.7 Å². The lowest BCUT2D eigenvalue weighted by atomic mass is 10.1. The first-order valence-corrected chi connectivity index (χ1v) is 9.41. The Kier molecular flexibility index (Phi) is 5.75. The zero-order valence-corrected chi connectivity index (χ0v) is 17.7. The van der Waals surface area contributed by atoms with Crippen molar-refractivity contribution in [1.29, 1.82) is 0 Å². The van der Waals surface area contributed by atoms with Crippen molar-refractivity contribution in [2.24, 2.45) is 0 Å². The smallest absolute Gasteiger partial charge is 0.352 e. The third kappa shape index (κ3) is 3.89. The van der Waals surface area contributed by atoms with Crippen molar-refractivity contribution in [3.05, 3.63) is 80.5 Å². The molecule has 0 saturated heterocycles. The third-order valence-electron chi connectivity index (χ3n) is 4.73. The van der Waals surface area contributed by atoms with Crippen molar-refractivity contribution in [3.63, 3.8) is 0 Å². The normalized spacial score (nSPS) is 10.7. The highest BCUT2D eigenvalue weighted by molar-refractivity contribution is 6.32. The standard InChI is InChI=1S/C22H22ClN3O3/c1-13-7-6-8-19(29-5)20(13)25(4)21(27)16-9-10-17(23)18(12-16)26-15(3)11-14(2)24-22(26)28/h6-12H,1-5H3. The van der Waals surface area contributed by atoms with Gasteiger partial charge >= 0.3 is 5.69 Å². The molecular weight excluding hydrogens is 390 g/mol. The van der Waals surface area contributed by atoms with E-state index in [1.54, 1.807) is 58.3 Å². The molecule has 150 valence electrons. The van der Waals surface area contributed by atoms with Gasteiger partial charge in [0.2, 0.25) is 0 Å². The van der Waals surface area contributed by atoms with Crippen molar-refractivity contribution < 1.29 is 9.53 Å². The molecule has 1 aromatic heterocycles. The van der Waals surface area contributed by atoms with Gasteiger partial charge < -0.3 is 9.64 Å². The molecule has 3 aromatic rings. The number of hydrogen-bond donors (Lipinski definition) is 0. The van der Waals surface area contributed by atoms with Crippen LogP contribution in [0.5, 0.6) is 5.75 Å². The molecule has 0 aliphatic carbocycles. The molecule has 0 aliphatic heterocycles. The predicted octanol–water partition coefficient (Wildman–Crippen LogP) is 4.10. The van der Waals surface area contributed by atoms with Crippen molar-refractivity contribution in [2.45, 2.75) is 20.8 Å².